The van der Waals surface area contributed by atoms with E-state index >= 15 is 0 Å². The number of hydrogen-bond acceptors (Lipinski definition) is 10. The summed E-state index contributed by atoms with van der Waals surface area (Å²) in [5, 5.41) is 25.6. The summed E-state index contributed by atoms with van der Waals surface area (Å²) >= 11 is 1.02. The monoisotopic (exact) mass is 442 g/mol. The first-order valence-electron chi connectivity index (χ1n) is 8.77. The van der Waals surface area contributed by atoms with Crippen LogP contribution < -0.4 is 21.3 Å². The molecular weight excluding hydrogens is 424 g/mol. The van der Waals surface area contributed by atoms with E-state index in [0.717, 1.165) is 27.8 Å². The molecule has 0 radical (unpaired) electrons. The highest BCUT2D eigenvalue weighted by molar-refractivity contribution is 7.99. The lowest BCUT2D eigenvalue weighted by atomic mass is 10.2. The third-order valence-corrected chi connectivity index (χ3v) is 4.81. The van der Waals surface area contributed by atoms with Crippen LogP contribution in [0.5, 0.6) is 5.75 Å². The molecule has 0 atom stereocenters. The van der Waals surface area contributed by atoms with E-state index in [1.807, 2.05) is 12.1 Å². The van der Waals surface area contributed by atoms with Gasteiger partial charge in [-0.2, -0.15) is 5.10 Å². The lowest BCUT2D eigenvalue weighted by molar-refractivity contribution is -0.383. The molecule has 0 aliphatic rings. The Hall–Kier alpha value is -4.13. The van der Waals surface area contributed by atoms with Gasteiger partial charge in [-0.05, 0) is 35.9 Å². The van der Waals surface area contributed by atoms with Crippen molar-refractivity contribution in [2.45, 2.75) is 5.16 Å². The van der Waals surface area contributed by atoms with Crippen LogP contribution in [0.4, 0.5) is 17.3 Å². The van der Waals surface area contributed by atoms with E-state index in [0.29, 0.717) is 0 Å². The molecule has 1 aromatic heterocycles. The van der Waals surface area contributed by atoms with Gasteiger partial charge in [0.1, 0.15) is 11.4 Å². The van der Waals surface area contributed by atoms with Crippen molar-refractivity contribution in [3.63, 3.8) is 0 Å². The topological polar surface area (TPSA) is 163 Å². The number of nitro benzene ring substituents is 1. The van der Waals surface area contributed by atoms with Gasteiger partial charge in [0.2, 0.25) is 11.1 Å². The molecule has 2 aromatic carbocycles. The Balaban J connectivity index is 1.54. The fraction of sp³-hybridized carbons (Fsp3) is 0.111. The van der Waals surface area contributed by atoms with Gasteiger partial charge in [0, 0.05) is 6.07 Å². The minimum atomic E-state index is -0.566. The number of hydrogen-bond donors (Lipinski definition) is 3. The number of carbonyl (C=O) groups excluding carboxylic acids is 1. The quantitative estimate of drug-likeness (QED) is 0.148. The van der Waals surface area contributed by atoms with Gasteiger partial charge in [-0.1, -0.05) is 23.9 Å². The molecule has 3 aromatic rings. The average Bonchev–Trinajstić information content (AvgIpc) is 3.12. The largest absolute Gasteiger partial charge is 0.497 e. The Morgan fingerprint density at radius 2 is 2.03 bits per heavy atom. The highest BCUT2D eigenvalue weighted by Crippen LogP contribution is 2.24. The predicted octanol–water partition coefficient (Wildman–Crippen LogP) is 2.09. The summed E-state index contributed by atoms with van der Waals surface area (Å²) in [5.74, 6) is 6.31. The van der Waals surface area contributed by atoms with Gasteiger partial charge in [0.25, 0.3) is 11.6 Å². The maximum absolute atomic E-state index is 12.2. The van der Waals surface area contributed by atoms with Gasteiger partial charge in [0.05, 0.1) is 24.0 Å². The summed E-state index contributed by atoms with van der Waals surface area (Å²) < 4.78 is 6.24. The fourth-order valence-corrected chi connectivity index (χ4v) is 3.02. The molecule has 4 N–H and O–H groups in total. The zero-order valence-corrected chi connectivity index (χ0v) is 17.1. The molecule has 1 amide bonds. The normalized spacial score (nSPS) is 10.7. The zero-order chi connectivity index (χ0) is 22.2. The summed E-state index contributed by atoms with van der Waals surface area (Å²) in [6, 6.07) is 13.1. The molecule has 160 valence electrons. The number of nitrogens with two attached hydrogens (primary N) is 1. The number of nitrogens with zero attached hydrogens (tertiary/aromatic N) is 5. The Labute approximate surface area is 180 Å². The number of amides is 1. The van der Waals surface area contributed by atoms with Crippen LogP contribution in [0.3, 0.4) is 0 Å². The smallest absolute Gasteiger partial charge is 0.292 e. The number of hydrazone groups is 1. The number of para-hydroxylation sites is 2. The van der Waals surface area contributed by atoms with Crippen molar-refractivity contribution in [1.82, 2.24) is 14.9 Å². The Bertz CT molecular complexity index is 1100. The SMILES string of the molecule is COc1ccc(/C=N/Nc2nnc(SCC(=O)Nc3ccccc3[N+](=O)[O-])n2N)cc1. The van der Waals surface area contributed by atoms with Gasteiger partial charge in [-0.25, -0.2) is 10.1 Å². The fourth-order valence-electron chi connectivity index (χ4n) is 2.36. The Morgan fingerprint density at radius 3 is 2.74 bits per heavy atom. The van der Waals surface area contributed by atoms with E-state index in [1.54, 1.807) is 31.5 Å². The first kappa shape index (κ1) is 21.6. The number of benzene rings is 2. The number of carbonyl (C=O) groups is 1. The van der Waals surface area contributed by atoms with Crippen molar-refractivity contribution >= 4 is 41.2 Å². The molecule has 31 heavy (non-hydrogen) atoms. The number of ether oxygens (including phenoxy) is 1. The van der Waals surface area contributed by atoms with Gasteiger partial charge in [-0.3, -0.25) is 14.9 Å². The van der Waals surface area contributed by atoms with Crippen LogP contribution in [0.15, 0.2) is 58.8 Å². The number of nitrogens with one attached hydrogen (secondary N) is 2. The summed E-state index contributed by atoms with van der Waals surface area (Å²) in [5.41, 5.74) is 3.43. The summed E-state index contributed by atoms with van der Waals surface area (Å²) in [6.07, 6.45) is 1.57. The van der Waals surface area contributed by atoms with Crippen LogP contribution in [-0.2, 0) is 4.79 Å². The molecule has 0 aliphatic carbocycles. The second-order valence-electron chi connectivity index (χ2n) is 5.93. The maximum atomic E-state index is 12.2. The molecule has 3 rings (SSSR count). The standard InChI is InChI=1S/C18H18N8O4S/c1-30-13-8-6-12(7-9-13)10-20-22-17-23-24-18(25(17)19)31-11-16(27)21-14-4-2-3-5-15(14)26(28)29/h2-10H,11,19H2,1H3,(H,21,27)(H,22,23)/b20-10+. The minimum Gasteiger partial charge on any atom is -0.497 e. The number of nitro groups is 1. The number of thioether (sulfide) groups is 1. The molecule has 0 bridgehead atoms. The van der Waals surface area contributed by atoms with Crippen LogP contribution in [-0.4, -0.2) is 44.8 Å². The molecule has 12 nitrogen and oxygen atoms in total. The van der Waals surface area contributed by atoms with E-state index in [9.17, 15) is 14.9 Å². The first-order valence-corrected chi connectivity index (χ1v) is 9.76. The highest BCUT2D eigenvalue weighted by atomic mass is 32.2. The van der Waals surface area contributed by atoms with E-state index in [4.69, 9.17) is 10.6 Å². The second kappa shape index (κ2) is 10.1. The van der Waals surface area contributed by atoms with Gasteiger partial charge >= 0.3 is 0 Å². The third-order valence-electron chi connectivity index (χ3n) is 3.87. The Kier molecular flexibility index (Phi) is 7.01. The molecule has 0 saturated heterocycles. The minimum absolute atomic E-state index is 0.0729. The summed E-state index contributed by atoms with van der Waals surface area (Å²) in [6.45, 7) is 0. The van der Waals surface area contributed by atoms with Crippen LogP contribution in [0.25, 0.3) is 0 Å². The molecule has 0 aliphatic heterocycles. The third kappa shape index (κ3) is 5.70. The van der Waals surface area contributed by atoms with Gasteiger partial charge in [0.15, 0.2) is 0 Å². The molecule has 0 spiro atoms. The van der Waals surface area contributed by atoms with E-state index in [-0.39, 0.29) is 28.2 Å². The van der Waals surface area contributed by atoms with Gasteiger partial charge < -0.3 is 15.9 Å². The number of nitrogen functional groups attached to an aromatic ring is 1. The molecular formula is C18H18N8O4S. The zero-order valence-electron chi connectivity index (χ0n) is 16.3. The van der Waals surface area contributed by atoms with E-state index < -0.39 is 10.8 Å². The van der Waals surface area contributed by atoms with Crippen LogP contribution in [0.2, 0.25) is 0 Å². The van der Waals surface area contributed by atoms with Crippen molar-refractivity contribution < 1.29 is 14.5 Å². The Morgan fingerprint density at radius 1 is 1.29 bits per heavy atom. The van der Waals surface area contributed by atoms with Crippen molar-refractivity contribution in [1.29, 1.82) is 0 Å². The van der Waals surface area contributed by atoms with Crippen molar-refractivity contribution in [2.75, 3.05) is 29.4 Å². The average molecular weight is 442 g/mol. The molecule has 13 heteroatoms. The molecule has 1 heterocycles. The van der Waals surface area contributed by atoms with Crippen molar-refractivity contribution in [2.24, 2.45) is 5.10 Å². The summed E-state index contributed by atoms with van der Waals surface area (Å²) in [7, 11) is 1.59. The van der Waals surface area contributed by atoms with E-state index in [1.165, 1.54) is 18.2 Å². The lowest BCUT2D eigenvalue weighted by Crippen LogP contribution is -2.17. The summed E-state index contributed by atoms with van der Waals surface area (Å²) in [4.78, 5) is 22.6. The van der Waals surface area contributed by atoms with Crippen LogP contribution in [0.1, 0.15) is 5.56 Å². The van der Waals surface area contributed by atoms with Gasteiger partial charge in [-0.15, -0.1) is 10.2 Å². The highest BCUT2D eigenvalue weighted by Gasteiger charge is 2.16. The maximum Gasteiger partial charge on any atom is 0.292 e. The number of methoxy groups -OCH3 is 1. The van der Waals surface area contributed by atoms with Crippen LogP contribution >= 0.6 is 11.8 Å². The number of rotatable bonds is 9. The molecule has 0 unspecified atom stereocenters. The van der Waals surface area contributed by atoms with Crippen molar-refractivity contribution in [3.05, 3.63) is 64.2 Å². The van der Waals surface area contributed by atoms with Crippen LogP contribution in [0, 0.1) is 10.1 Å². The van der Waals surface area contributed by atoms with E-state index in [2.05, 4.69) is 26.0 Å². The molecule has 0 saturated carbocycles. The number of anilines is 2. The first-order chi connectivity index (χ1) is 15.0. The predicted molar refractivity (Wildman–Crippen MR) is 117 cm³/mol. The van der Waals surface area contributed by atoms with Crippen molar-refractivity contribution in [3.8, 4) is 5.75 Å². The second-order valence-corrected chi connectivity index (χ2v) is 6.87. The lowest BCUT2D eigenvalue weighted by Gasteiger charge is -2.06. The molecule has 0 fully saturated rings. The number of aromatic nitrogens is 3.